The zero-order valence-corrected chi connectivity index (χ0v) is 10.3. The van der Waals surface area contributed by atoms with E-state index < -0.39 is 0 Å². The summed E-state index contributed by atoms with van der Waals surface area (Å²) in [4.78, 5) is 10.8. The van der Waals surface area contributed by atoms with Crippen LogP contribution < -0.4 is 10.6 Å². The summed E-state index contributed by atoms with van der Waals surface area (Å²) < 4.78 is 0. The van der Waals surface area contributed by atoms with E-state index in [1.807, 2.05) is 0 Å². The standard InChI is InChI=1S/C12H20N4/c1-4-9-10(13)14-8-15-11(9)16-6-5-12(2,3)7-16/h8H,4-7H2,1-3H3,(H2,13,14,15). The number of nitrogens with zero attached hydrogens (tertiary/aromatic N) is 3. The zero-order valence-electron chi connectivity index (χ0n) is 10.3. The molecule has 1 fully saturated rings. The summed E-state index contributed by atoms with van der Waals surface area (Å²) in [5, 5.41) is 0. The molecule has 1 aromatic rings. The number of nitrogens with two attached hydrogens (primary N) is 1. The first-order valence-corrected chi connectivity index (χ1v) is 5.88. The van der Waals surface area contributed by atoms with Gasteiger partial charge in [-0.1, -0.05) is 20.8 Å². The molecule has 0 amide bonds. The van der Waals surface area contributed by atoms with Crippen LogP contribution in [0.25, 0.3) is 0 Å². The molecule has 0 aliphatic carbocycles. The molecule has 2 N–H and O–H groups in total. The maximum Gasteiger partial charge on any atom is 0.137 e. The van der Waals surface area contributed by atoms with Gasteiger partial charge in [0.1, 0.15) is 18.0 Å². The van der Waals surface area contributed by atoms with Crippen molar-refractivity contribution in [3.63, 3.8) is 0 Å². The zero-order chi connectivity index (χ0) is 11.8. The maximum absolute atomic E-state index is 5.89. The van der Waals surface area contributed by atoms with Gasteiger partial charge in [0.25, 0.3) is 0 Å². The highest BCUT2D eigenvalue weighted by molar-refractivity contribution is 5.57. The van der Waals surface area contributed by atoms with E-state index in [0.29, 0.717) is 11.2 Å². The minimum Gasteiger partial charge on any atom is -0.383 e. The lowest BCUT2D eigenvalue weighted by molar-refractivity contribution is 0.418. The van der Waals surface area contributed by atoms with Crippen LogP contribution in [0.3, 0.4) is 0 Å². The van der Waals surface area contributed by atoms with Gasteiger partial charge in [-0.2, -0.15) is 0 Å². The fourth-order valence-electron chi connectivity index (χ4n) is 2.32. The van der Waals surface area contributed by atoms with E-state index in [4.69, 9.17) is 5.73 Å². The van der Waals surface area contributed by atoms with E-state index in [9.17, 15) is 0 Å². The van der Waals surface area contributed by atoms with Crippen LogP contribution in [0.4, 0.5) is 11.6 Å². The Bertz CT molecular complexity index is 387. The Hall–Kier alpha value is -1.32. The minimum absolute atomic E-state index is 0.380. The molecule has 0 aromatic carbocycles. The molecule has 0 bridgehead atoms. The van der Waals surface area contributed by atoms with E-state index >= 15 is 0 Å². The summed E-state index contributed by atoms with van der Waals surface area (Å²) in [5.74, 6) is 1.65. The normalized spacial score (nSPS) is 19.1. The highest BCUT2D eigenvalue weighted by Gasteiger charge is 2.31. The third-order valence-corrected chi connectivity index (χ3v) is 3.29. The largest absolute Gasteiger partial charge is 0.383 e. The van der Waals surface area contributed by atoms with Crippen molar-refractivity contribution in [2.24, 2.45) is 5.41 Å². The number of rotatable bonds is 2. The van der Waals surface area contributed by atoms with Crippen LogP contribution in [0.2, 0.25) is 0 Å². The van der Waals surface area contributed by atoms with Crippen LogP contribution in [0.5, 0.6) is 0 Å². The fourth-order valence-corrected chi connectivity index (χ4v) is 2.32. The van der Waals surface area contributed by atoms with Crippen molar-refractivity contribution in [2.45, 2.75) is 33.6 Å². The monoisotopic (exact) mass is 220 g/mol. The lowest BCUT2D eigenvalue weighted by Gasteiger charge is -2.22. The van der Waals surface area contributed by atoms with Crippen LogP contribution in [0, 0.1) is 5.41 Å². The van der Waals surface area contributed by atoms with Crippen LogP contribution in [0.15, 0.2) is 6.33 Å². The third-order valence-electron chi connectivity index (χ3n) is 3.29. The average Bonchev–Trinajstić information content (AvgIpc) is 2.58. The van der Waals surface area contributed by atoms with Gasteiger partial charge in [0.15, 0.2) is 0 Å². The Morgan fingerprint density at radius 1 is 1.44 bits per heavy atom. The second-order valence-corrected chi connectivity index (χ2v) is 5.25. The predicted octanol–water partition coefficient (Wildman–Crippen LogP) is 1.86. The summed E-state index contributed by atoms with van der Waals surface area (Å²) in [7, 11) is 0. The average molecular weight is 220 g/mol. The molecule has 16 heavy (non-hydrogen) atoms. The molecule has 1 aromatic heterocycles. The van der Waals surface area contributed by atoms with Crippen molar-refractivity contribution in [1.29, 1.82) is 0 Å². The van der Waals surface area contributed by atoms with Crippen molar-refractivity contribution in [1.82, 2.24) is 9.97 Å². The molecule has 1 aliphatic rings. The Labute approximate surface area is 96.9 Å². The van der Waals surface area contributed by atoms with Gasteiger partial charge in [-0.25, -0.2) is 9.97 Å². The van der Waals surface area contributed by atoms with Gasteiger partial charge >= 0.3 is 0 Å². The molecule has 88 valence electrons. The van der Waals surface area contributed by atoms with Gasteiger partial charge < -0.3 is 10.6 Å². The van der Waals surface area contributed by atoms with Gasteiger partial charge in [-0.3, -0.25) is 0 Å². The summed E-state index contributed by atoms with van der Waals surface area (Å²) >= 11 is 0. The molecular weight excluding hydrogens is 200 g/mol. The van der Waals surface area contributed by atoms with Crippen molar-refractivity contribution >= 4 is 11.6 Å². The molecule has 2 rings (SSSR count). The number of anilines is 2. The Morgan fingerprint density at radius 3 is 2.75 bits per heavy atom. The first-order valence-electron chi connectivity index (χ1n) is 5.88. The van der Waals surface area contributed by atoms with Crippen LogP contribution in [-0.2, 0) is 6.42 Å². The highest BCUT2D eigenvalue weighted by atomic mass is 15.2. The topological polar surface area (TPSA) is 55.0 Å². The van der Waals surface area contributed by atoms with E-state index in [2.05, 4.69) is 35.6 Å². The van der Waals surface area contributed by atoms with Crippen molar-refractivity contribution in [3.05, 3.63) is 11.9 Å². The first kappa shape index (κ1) is 11.2. The lowest BCUT2D eigenvalue weighted by atomic mass is 9.93. The molecule has 4 nitrogen and oxygen atoms in total. The maximum atomic E-state index is 5.89. The van der Waals surface area contributed by atoms with Crippen LogP contribution in [-0.4, -0.2) is 23.1 Å². The van der Waals surface area contributed by atoms with Gasteiger partial charge in [0.2, 0.25) is 0 Å². The molecule has 0 saturated carbocycles. The SMILES string of the molecule is CCc1c(N)ncnc1N1CCC(C)(C)C1. The van der Waals surface area contributed by atoms with E-state index in [1.54, 1.807) is 6.33 Å². The van der Waals surface area contributed by atoms with Gasteiger partial charge in [0, 0.05) is 18.7 Å². The third kappa shape index (κ3) is 1.96. The lowest BCUT2D eigenvalue weighted by Crippen LogP contribution is -2.25. The summed E-state index contributed by atoms with van der Waals surface area (Å²) in [6, 6.07) is 0. The van der Waals surface area contributed by atoms with Crippen LogP contribution >= 0.6 is 0 Å². The van der Waals surface area contributed by atoms with Crippen molar-refractivity contribution < 1.29 is 0 Å². The summed E-state index contributed by atoms with van der Waals surface area (Å²) in [6.45, 7) is 8.80. The van der Waals surface area contributed by atoms with E-state index in [-0.39, 0.29) is 0 Å². The predicted molar refractivity (Wildman–Crippen MR) is 66.4 cm³/mol. The second-order valence-electron chi connectivity index (χ2n) is 5.25. The molecule has 0 unspecified atom stereocenters. The molecule has 4 heteroatoms. The highest BCUT2D eigenvalue weighted by Crippen LogP contribution is 2.33. The molecule has 0 radical (unpaired) electrons. The summed E-state index contributed by atoms with van der Waals surface area (Å²) in [5.41, 5.74) is 7.35. The van der Waals surface area contributed by atoms with E-state index in [0.717, 1.165) is 30.9 Å². The second kappa shape index (κ2) is 3.92. The van der Waals surface area contributed by atoms with Gasteiger partial charge in [-0.15, -0.1) is 0 Å². The Kier molecular flexibility index (Phi) is 2.74. The molecule has 2 heterocycles. The smallest absolute Gasteiger partial charge is 0.137 e. The van der Waals surface area contributed by atoms with E-state index in [1.165, 1.54) is 6.42 Å². The minimum atomic E-state index is 0.380. The quantitative estimate of drug-likeness (QED) is 0.826. The Balaban J connectivity index is 2.31. The summed E-state index contributed by atoms with van der Waals surface area (Å²) in [6.07, 6.45) is 3.66. The number of aromatic nitrogens is 2. The molecule has 0 atom stereocenters. The molecular formula is C12H20N4. The fraction of sp³-hybridized carbons (Fsp3) is 0.667. The van der Waals surface area contributed by atoms with Crippen LogP contribution in [0.1, 0.15) is 32.8 Å². The van der Waals surface area contributed by atoms with Crippen molar-refractivity contribution in [3.8, 4) is 0 Å². The van der Waals surface area contributed by atoms with Gasteiger partial charge in [-0.05, 0) is 18.3 Å². The Morgan fingerprint density at radius 2 is 2.19 bits per heavy atom. The molecule has 1 saturated heterocycles. The van der Waals surface area contributed by atoms with Crippen molar-refractivity contribution in [2.75, 3.05) is 23.7 Å². The molecule has 1 aliphatic heterocycles. The first-order chi connectivity index (χ1) is 7.53. The molecule has 0 spiro atoms. The number of nitrogen functional groups attached to an aromatic ring is 1. The number of hydrogen-bond acceptors (Lipinski definition) is 4. The number of hydrogen-bond donors (Lipinski definition) is 1. The van der Waals surface area contributed by atoms with Gasteiger partial charge in [0.05, 0.1) is 0 Å².